The first-order valence-electron chi connectivity index (χ1n) is 7.28. The normalized spacial score (nSPS) is 20.5. The molecular formula is C15H12F3N3O4. The molecule has 10 heteroatoms. The van der Waals surface area contributed by atoms with Crippen LogP contribution in [0.15, 0.2) is 12.1 Å². The molecule has 2 aliphatic rings. The predicted molar refractivity (Wildman–Crippen MR) is 76.0 cm³/mol. The van der Waals surface area contributed by atoms with Crippen molar-refractivity contribution in [1.82, 2.24) is 10.2 Å². The Labute approximate surface area is 138 Å². The van der Waals surface area contributed by atoms with E-state index in [4.69, 9.17) is 5.73 Å². The Morgan fingerprint density at radius 1 is 1.24 bits per heavy atom. The molecule has 7 nitrogen and oxygen atoms in total. The zero-order chi connectivity index (χ0) is 18.5. The first kappa shape index (κ1) is 16.9. The van der Waals surface area contributed by atoms with Crippen molar-refractivity contribution in [3.8, 4) is 0 Å². The molecule has 3 N–H and O–H groups in total. The Hall–Kier alpha value is -2.91. The Balaban J connectivity index is 2.08. The number of halogens is 3. The van der Waals surface area contributed by atoms with Gasteiger partial charge in [0.1, 0.15) is 6.04 Å². The van der Waals surface area contributed by atoms with E-state index >= 15 is 0 Å². The fraction of sp³-hybridized carbons (Fsp3) is 0.333. The van der Waals surface area contributed by atoms with Crippen LogP contribution in [-0.2, 0) is 22.3 Å². The summed E-state index contributed by atoms with van der Waals surface area (Å²) in [7, 11) is 0. The second-order valence-corrected chi connectivity index (χ2v) is 5.78. The minimum absolute atomic E-state index is 0.00233. The molecule has 1 aromatic carbocycles. The maximum absolute atomic E-state index is 13.2. The summed E-state index contributed by atoms with van der Waals surface area (Å²) in [5.41, 5.74) is 2.97. The standard InChI is InChI=1S/C15H12F3N3O4/c16-15(17,18)8-2-1-6(12(19)23)7-5-21(14(25)11(7)8)9-3-4-10(22)20-13(9)24/h1-2,9H,3-5H2,(H2,19,23)(H,20,22,24). The molecule has 0 bridgehead atoms. The number of carbonyl (C=O) groups is 4. The lowest BCUT2D eigenvalue weighted by Crippen LogP contribution is -2.52. The number of rotatable bonds is 2. The molecule has 0 aromatic heterocycles. The van der Waals surface area contributed by atoms with Crippen LogP contribution in [0.4, 0.5) is 13.2 Å². The zero-order valence-electron chi connectivity index (χ0n) is 12.6. The lowest BCUT2D eigenvalue weighted by Gasteiger charge is -2.29. The molecule has 1 unspecified atom stereocenters. The maximum atomic E-state index is 13.2. The third kappa shape index (κ3) is 2.73. The number of alkyl halides is 3. The van der Waals surface area contributed by atoms with Gasteiger partial charge in [-0.25, -0.2) is 0 Å². The van der Waals surface area contributed by atoms with Crippen LogP contribution in [0.25, 0.3) is 0 Å². The number of hydrogen-bond donors (Lipinski definition) is 2. The predicted octanol–water partition coefficient (Wildman–Crippen LogP) is 0.565. The number of nitrogens with zero attached hydrogens (tertiary/aromatic N) is 1. The van der Waals surface area contributed by atoms with Gasteiger partial charge in [0.25, 0.3) is 5.91 Å². The third-order valence-corrected chi connectivity index (χ3v) is 4.27. The van der Waals surface area contributed by atoms with Crippen molar-refractivity contribution in [2.45, 2.75) is 31.6 Å². The number of carbonyl (C=O) groups excluding carboxylic acids is 4. The van der Waals surface area contributed by atoms with E-state index in [1.165, 1.54) is 0 Å². The molecule has 1 aromatic rings. The second kappa shape index (κ2) is 5.57. The molecule has 25 heavy (non-hydrogen) atoms. The quantitative estimate of drug-likeness (QED) is 0.756. The van der Waals surface area contributed by atoms with E-state index in [1.54, 1.807) is 0 Å². The zero-order valence-corrected chi connectivity index (χ0v) is 12.6. The van der Waals surface area contributed by atoms with Gasteiger partial charge in [0.2, 0.25) is 17.7 Å². The van der Waals surface area contributed by atoms with Gasteiger partial charge >= 0.3 is 6.18 Å². The number of nitrogens with two attached hydrogens (primary N) is 1. The summed E-state index contributed by atoms with van der Waals surface area (Å²) in [5, 5.41) is 2.05. The van der Waals surface area contributed by atoms with Gasteiger partial charge < -0.3 is 10.6 Å². The number of benzene rings is 1. The Morgan fingerprint density at radius 2 is 1.92 bits per heavy atom. The van der Waals surface area contributed by atoms with Crippen LogP contribution in [0.2, 0.25) is 0 Å². The van der Waals surface area contributed by atoms with Crippen molar-refractivity contribution < 1.29 is 32.3 Å². The summed E-state index contributed by atoms with van der Waals surface area (Å²) in [6.07, 6.45) is -4.85. The van der Waals surface area contributed by atoms with Crippen LogP contribution in [-0.4, -0.2) is 34.6 Å². The topological polar surface area (TPSA) is 110 Å². The van der Waals surface area contributed by atoms with Crippen molar-refractivity contribution >= 4 is 23.6 Å². The van der Waals surface area contributed by atoms with Crippen LogP contribution in [0.1, 0.15) is 44.7 Å². The Bertz CT molecular complexity index is 819. The van der Waals surface area contributed by atoms with Crippen LogP contribution in [0, 0.1) is 0 Å². The molecule has 1 saturated heterocycles. The third-order valence-electron chi connectivity index (χ3n) is 4.27. The van der Waals surface area contributed by atoms with Crippen molar-refractivity contribution in [1.29, 1.82) is 0 Å². The van der Waals surface area contributed by atoms with E-state index in [-0.39, 0.29) is 30.5 Å². The Morgan fingerprint density at radius 3 is 2.48 bits per heavy atom. The van der Waals surface area contributed by atoms with Gasteiger partial charge in [-0.15, -0.1) is 0 Å². The van der Waals surface area contributed by atoms with Gasteiger partial charge in [0.05, 0.1) is 11.1 Å². The summed E-state index contributed by atoms with van der Waals surface area (Å²) in [6, 6.07) is 0.468. The van der Waals surface area contributed by atoms with Crippen LogP contribution >= 0.6 is 0 Å². The molecule has 4 amide bonds. The largest absolute Gasteiger partial charge is 0.417 e. The SMILES string of the molecule is NC(=O)c1ccc(C(F)(F)F)c2c1CN(C1CCC(=O)NC1=O)C2=O. The first-order valence-corrected chi connectivity index (χ1v) is 7.28. The summed E-state index contributed by atoms with van der Waals surface area (Å²) < 4.78 is 39.7. The molecule has 0 saturated carbocycles. The molecule has 1 atom stereocenters. The van der Waals surface area contributed by atoms with Crippen LogP contribution < -0.4 is 11.1 Å². The van der Waals surface area contributed by atoms with Crippen molar-refractivity contribution in [3.63, 3.8) is 0 Å². The minimum Gasteiger partial charge on any atom is -0.366 e. The first-order chi connectivity index (χ1) is 11.6. The molecule has 0 spiro atoms. The van der Waals surface area contributed by atoms with E-state index in [2.05, 4.69) is 5.32 Å². The molecule has 1 fully saturated rings. The summed E-state index contributed by atoms with van der Waals surface area (Å²) in [6.45, 7) is -0.358. The monoisotopic (exact) mass is 355 g/mol. The summed E-state index contributed by atoms with van der Waals surface area (Å²) in [5.74, 6) is -3.26. The minimum atomic E-state index is -4.81. The highest BCUT2D eigenvalue weighted by molar-refractivity contribution is 6.08. The van der Waals surface area contributed by atoms with Crippen molar-refractivity contribution in [2.24, 2.45) is 5.73 Å². The fourth-order valence-corrected chi connectivity index (χ4v) is 3.14. The second-order valence-electron chi connectivity index (χ2n) is 5.78. The van der Waals surface area contributed by atoms with E-state index in [0.717, 1.165) is 11.0 Å². The molecule has 132 valence electrons. The average molecular weight is 355 g/mol. The van der Waals surface area contributed by atoms with Crippen LogP contribution in [0.5, 0.6) is 0 Å². The summed E-state index contributed by atoms with van der Waals surface area (Å²) >= 11 is 0. The fourth-order valence-electron chi connectivity index (χ4n) is 3.14. The smallest absolute Gasteiger partial charge is 0.366 e. The molecule has 2 heterocycles. The van der Waals surface area contributed by atoms with Crippen LogP contribution in [0.3, 0.4) is 0 Å². The van der Waals surface area contributed by atoms with Gasteiger partial charge in [-0.2, -0.15) is 13.2 Å². The van der Waals surface area contributed by atoms with Gasteiger partial charge in [-0.3, -0.25) is 24.5 Å². The molecular weight excluding hydrogens is 343 g/mol. The Kier molecular flexibility index (Phi) is 3.77. The van der Waals surface area contributed by atoms with Crippen molar-refractivity contribution in [2.75, 3.05) is 0 Å². The number of fused-ring (bicyclic) bond motifs is 1. The van der Waals surface area contributed by atoms with Crippen molar-refractivity contribution in [3.05, 3.63) is 34.4 Å². The van der Waals surface area contributed by atoms with Gasteiger partial charge in [0.15, 0.2) is 0 Å². The van der Waals surface area contributed by atoms with E-state index in [0.29, 0.717) is 6.07 Å². The van der Waals surface area contributed by atoms with Gasteiger partial charge in [0, 0.05) is 18.5 Å². The highest BCUT2D eigenvalue weighted by Crippen LogP contribution is 2.39. The van der Waals surface area contributed by atoms with E-state index in [9.17, 15) is 32.3 Å². The number of primary amides is 1. The lowest BCUT2D eigenvalue weighted by molar-refractivity contribution is -0.138. The number of piperidine rings is 1. The molecule has 0 radical (unpaired) electrons. The average Bonchev–Trinajstić information content (AvgIpc) is 2.83. The highest BCUT2D eigenvalue weighted by atomic mass is 19.4. The van der Waals surface area contributed by atoms with Gasteiger partial charge in [-0.1, -0.05) is 0 Å². The number of nitrogens with one attached hydrogen (secondary N) is 1. The maximum Gasteiger partial charge on any atom is 0.417 e. The summed E-state index contributed by atoms with van der Waals surface area (Å²) in [4.78, 5) is 48.2. The molecule has 2 aliphatic heterocycles. The molecule has 0 aliphatic carbocycles. The highest BCUT2D eigenvalue weighted by Gasteiger charge is 2.45. The number of hydrogen-bond acceptors (Lipinski definition) is 4. The van der Waals surface area contributed by atoms with E-state index in [1.807, 2.05) is 0 Å². The number of imide groups is 1. The molecule has 3 rings (SSSR count). The van der Waals surface area contributed by atoms with E-state index < -0.39 is 47.0 Å². The lowest BCUT2D eigenvalue weighted by atomic mass is 9.97. The van der Waals surface area contributed by atoms with Gasteiger partial charge in [-0.05, 0) is 24.1 Å². The number of amides is 4.